The summed E-state index contributed by atoms with van der Waals surface area (Å²) < 4.78 is 1.99. The van der Waals surface area contributed by atoms with Gasteiger partial charge in [-0.25, -0.2) is 4.98 Å². The Labute approximate surface area is 130 Å². The van der Waals surface area contributed by atoms with Gasteiger partial charge in [-0.05, 0) is 38.0 Å². The van der Waals surface area contributed by atoms with Crippen LogP contribution in [0.2, 0.25) is 0 Å². The Morgan fingerprint density at radius 1 is 1.27 bits per heavy atom. The van der Waals surface area contributed by atoms with Crippen LogP contribution in [0.15, 0.2) is 18.2 Å². The lowest BCUT2D eigenvalue weighted by atomic mass is 10.0. The number of benzene rings is 1. The predicted molar refractivity (Wildman–Crippen MR) is 85.3 cm³/mol. The van der Waals surface area contributed by atoms with E-state index in [-0.39, 0.29) is 12.2 Å². The highest BCUT2D eigenvalue weighted by Gasteiger charge is 2.18. The van der Waals surface area contributed by atoms with E-state index >= 15 is 0 Å². The van der Waals surface area contributed by atoms with Gasteiger partial charge in [0.15, 0.2) is 5.78 Å². The fourth-order valence-electron chi connectivity index (χ4n) is 2.78. The number of aromatic nitrogens is 2. The monoisotopic (exact) mass is 302 g/mol. The van der Waals surface area contributed by atoms with Crippen molar-refractivity contribution >= 4 is 22.8 Å². The molecule has 0 aliphatic rings. The van der Waals surface area contributed by atoms with E-state index in [0.29, 0.717) is 18.0 Å². The van der Waals surface area contributed by atoms with Crippen LogP contribution in [-0.2, 0) is 11.3 Å². The molecule has 0 atom stereocenters. The van der Waals surface area contributed by atoms with Crippen LogP contribution in [0, 0.1) is 0 Å². The highest BCUT2D eigenvalue weighted by Crippen LogP contribution is 2.27. The van der Waals surface area contributed by atoms with Crippen LogP contribution in [0.3, 0.4) is 0 Å². The van der Waals surface area contributed by atoms with Crippen molar-refractivity contribution in [3.8, 4) is 0 Å². The second kappa shape index (κ2) is 6.73. The van der Waals surface area contributed by atoms with Gasteiger partial charge < -0.3 is 9.67 Å². The first-order valence-corrected chi connectivity index (χ1v) is 7.70. The van der Waals surface area contributed by atoms with Gasteiger partial charge in [0.05, 0.1) is 17.5 Å². The third kappa shape index (κ3) is 3.18. The molecule has 0 radical (unpaired) electrons. The number of hydrogen-bond acceptors (Lipinski definition) is 3. The zero-order valence-electron chi connectivity index (χ0n) is 13.3. The van der Waals surface area contributed by atoms with Crippen molar-refractivity contribution in [3.63, 3.8) is 0 Å². The molecule has 2 rings (SSSR count). The van der Waals surface area contributed by atoms with Gasteiger partial charge in [0.1, 0.15) is 5.82 Å². The van der Waals surface area contributed by atoms with Crippen molar-refractivity contribution in [2.75, 3.05) is 0 Å². The van der Waals surface area contributed by atoms with Crippen molar-refractivity contribution in [1.29, 1.82) is 0 Å². The molecule has 0 aliphatic heterocycles. The summed E-state index contributed by atoms with van der Waals surface area (Å²) in [6.07, 6.45) is 1.96. The fourth-order valence-corrected chi connectivity index (χ4v) is 2.78. The first-order valence-electron chi connectivity index (χ1n) is 7.70. The Kier molecular flexibility index (Phi) is 4.96. The Morgan fingerprint density at radius 3 is 2.50 bits per heavy atom. The molecule has 1 aromatic heterocycles. The fraction of sp³-hybridized carbons (Fsp3) is 0.471. The number of carboxylic acid groups (broad SMARTS) is 1. The van der Waals surface area contributed by atoms with Gasteiger partial charge in [0.25, 0.3) is 0 Å². The Bertz CT molecular complexity index is 699. The molecular formula is C17H22N2O3. The molecule has 22 heavy (non-hydrogen) atoms. The van der Waals surface area contributed by atoms with E-state index in [4.69, 9.17) is 10.1 Å². The molecule has 1 heterocycles. The molecule has 1 aromatic carbocycles. The summed E-state index contributed by atoms with van der Waals surface area (Å²) in [6.45, 7) is 6.15. The highest BCUT2D eigenvalue weighted by atomic mass is 16.4. The van der Waals surface area contributed by atoms with E-state index in [2.05, 4.69) is 13.8 Å². The SMILES string of the molecule is CCC(CC)c1nc2cc(C(C)=O)ccc2n1CCC(=O)O. The summed E-state index contributed by atoms with van der Waals surface area (Å²) in [5.74, 6) is 0.396. The van der Waals surface area contributed by atoms with Crippen LogP contribution in [0.5, 0.6) is 0 Å². The minimum absolute atomic E-state index is 0.00562. The van der Waals surface area contributed by atoms with Gasteiger partial charge in [-0.3, -0.25) is 9.59 Å². The minimum Gasteiger partial charge on any atom is -0.481 e. The average molecular weight is 302 g/mol. The average Bonchev–Trinajstić information content (AvgIpc) is 2.83. The van der Waals surface area contributed by atoms with Gasteiger partial charge in [-0.1, -0.05) is 13.8 Å². The molecular weight excluding hydrogens is 280 g/mol. The van der Waals surface area contributed by atoms with Crippen molar-refractivity contribution in [2.24, 2.45) is 0 Å². The zero-order chi connectivity index (χ0) is 16.3. The molecule has 0 spiro atoms. The number of carboxylic acids is 1. The van der Waals surface area contributed by atoms with E-state index in [0.717, 1.165) is 29.7 Å². The first kappa shape index (κ1) is 16.2. The topological polar surface area (TPSA) is 72.2 Å². The number of imidazole rings is 1. The number of carbonyl (C=O) groups excluding carboxylic acids is 1. The normalized spacial score (nSPS) is 11.3. The van der Waals surface area contributed by atoms with Crippen LogP contribution in [-0.4, -0.2) is 26.4 Å². The number of aliphatic carboxylic acids is 1. The lowest BCUT2D eigenvalue weighted by molar-refractivity contribution is -0.137. The zero-order valence-corrected chi connectivity index (χ0v) is 13.3. The molecule has 0 saturated heterocycles. The second-order valence-electron chi connectivity index (χ2n) is 5.54. The van der Waals surface area contributed by atoms with Crippen molar-refractivity contribution < 1.29 is 14.7 Å². The van der Waals surface area contributed by atoms with E-state index in [9.17, 15) is 9.59 Å². The summed E-state index contributed by atoms with van der Waals surface area (Å²) in [6, 6.07) is 5.44. The predicted octanol–water partition coefficient (Wildman–Crippen LogP) is 3.62. The summed E-state index contributed by atoms with van der Waals surface area (Å²) in [4.78, 5) is 27.1. The molecule has 0 aliphatic carbocycles. The molecule has 118 valence electrons. The third-order valence-electron chi connectivity index (χ3n) is 4.08. The van der Waals surface area contributed by atoms with Crippen LogP contribution < -0.4 is 0 Å². The molecule has 1 N–H and O–H groups in total. The molecule has 0 amide bonds. The molecule has 5 nitrogen and oxygen atoms in total. The number of carbonyl (C=O) groups is 2. The maximum Gasteiger partial charge on any atom is 0.305 e. The first-order chi connectivity index (χ1) is 10.5. The van der Waals surface area contributed by atoms with Crippen LogP contribution in [0.1, 0.15) is 62.1 Å². The Balaban J connectivity index is 2.56. The summed E-state index contributed by atoms with van der Waals surface area (Å²) in [5, 5.41) is 8.97. The van der Waals surface area contributed by atoms with E-state index in [1.165, 1.54) is 6.92 Å². The number of hydrogen-bond donors (Lipinski definition) is 1. The molecule has 5 heteroatoms. The highest BCUT2D eigenvalue weighted by molar-refractivity contribution is 5.97. The van der Waals surface area contributed by atoms with Gasteiger partial charge in [0.2, 0.25) is 0 Å². The number of Topliss-reactive ketones (excluding diaryl/α,β-unsaturated/α-hetero) is 1. The van der Waals surface area contributed by atoms with Crippen molar-refractivity contribution in [3.05, 3.63) is 29.6 Å². The Hall–Kier alpha value is -2.17. The molecule has 2 aromatic rings. The van der Waals surface area contributed by atoms with E-state index < -0.39 is 5.97 Å². The lowest BCUT2D eigenvalue weighted by Gasteiger charge is -2.14. The second-order valence-corrected chi connectivity index (χ2v) is 5.54. The van der Waals surface area contributed by atoms with Crippen LogP contribution in [0.4, 0.5) is 0 Å². The van der Waals surface area contributed by atoms with Gasteiger partial charge in [-0.15, -0.1) is 0 Å². The third-order valence-corrected chi connectivity index (χ3v) is 4.08. The number of rotatable bonds is 7. The standard InChI is InChI=1S/C17H22N2O3/c1-4-12(5-2)17-18-14-10-13(11(3)20)6-7-15(14)19(17)9-8-16(21)22/h6-7,10,12H,4-5,8-9H2,1-3H3,(H,21,22). The van der Waals surface area contributed by atoms with Crippen LogP contribution >= 0.6 is 0 Å². The number of ketones is 1. The smallest absolute Gasteiger partial charge is 0.305 e. The molecule has 0 bridgehead atoms. The number of aryl methyl sites for hydroxylation is 1. The lowest BCUT2D eigenvalue weighted by Crippen LogP contribution is -2.11. The van der Waals surface area contributed by atoms with Crippen LogP contribution in [0.25, 0.3) is 11.0 Å². The summed E-state index contributed by atoms with van der Waals surface area (Å²) in [7, 11) is 0. The number of nitrogens with zero attached hydrogens (tertiary/aromatic N) is 2. The van der Waals surface area contributed by atoms with Gasteiger partial charge in [0, 0.05) is 18.0 Å². The summed E-state index contributed by atoms with van der Waals surface area (Å²) >= 11 is 0. The van der Waals surface area contributed by atoms with E-state index in [1.54, 1.807) is 12.1 Å². The van der Waals surface area contributed by atoms with Gasteiger partial charge >= 0.3 is 5.97 Å². The maximum atomic E-state index is 11.5. The van der Waals surface area contributed by atoms with Crippen molar-refractivity contribution in [2.45, 2.75) is 52.5 Å². The largest absolute Gasteiger partial charge is 0.481 e. The summed E-state index contributed by atoms with van der Waals surface area (Å²) in [5.41, 5.74) is 2.29. The Morgan fingerprint density at radius 2 is 1.95 bits per heavy atom. The molecule has 0 fully saturated rings. The maximum absolute atomic E-state index is 11.5. The molecule has 0 saturated carbocycles. The number of fused-ring (bicyclic) bond motifs is 1. The van der Waals surface area contributed by atoms with Crippen molar-refractivity contribution in [1.82, 2.24) is 9.55 Å². The molecule has 0 unspecified atom stereocenters. The quantitative estimate of drug-likeness (QED) is 0.793. The van der Waals surface area contributed by atoms with E-state index in [1.807, 2.05) is 10.6 Å². The van der Waals surface area contributed by atoms with Gasteiger partial charge in [-0.2, -0.15) is 0 Å². The minimum atomic E-state index is -0.822.